The molecule has 1 aromatic carbocycles. The van der Waals surface area contributed by atoms with Crippen molar-refractivity contribution in [3.05, 3.63) is 40.4 Å². The molecule has 0 saturated carbocycles. The fourth-order valence-corrected chi connectivity index (χ4v) is 3.56. The number of carbonyl (C=O) groups excluding carboxylic acids is 1. The summed E-state index contributed by atoms with van der Waals surface area (Å²) in [5.74, 6) is 0.596. The second-order valence-corrected chi connectivity index (χ2v) is 7.69. The Morgan fingerprint density at radius 2 is 1.69 bits per heavy atom. The number of nitrogens with one attached hydrogen (secondary N) is 1. The van der Waals surface area contributed by atoms with E-state index in [1.54, 1.807) is 19.2 Å². The highest BCUT2D eigenvalue weighted by Crippen LogP contribution is 2.35. The number of nitrogens with zero attached hydrogens (tertiary/aromatic N) is 4. The first-order valence-electron chi connectivity index (χ1n) is 10.7. The van der Waals surface area contributed by atoms with Gasteiger partial charge in [-0.15, -0.1) is 0 Å². The number of amides is 1. The van der Waals surface area contributed by atoms with Crippen LogP contribution in [0.25, 0.3) is 10.9 Å². The van der Waals surface area contributed by atoms with Gasteiger partial charge in [-0.1, -0.05) is 25.7 Å². The van der Waals surface area contributed by atoms with Gasteiger partial charge in [0.1, 0.15) is 5.52 Å². The molecule has 0 atom stereocenters. The molecule has 1 aliphatic heterocycles. The minimum atomic E-state index is -0.510. The Balaban J connectivity index is 1.73. The van der Waals surface area contributed by atoms with E-state index in [-0.39, 0.29) is 23.0 Å². The molecule has 3 heterocycles. The highest BCUT2D eigenvalue weighted by atomic mass is 16.5. The Kier molecular flexibility index (Phi) is 6.48. The van der Waals surface area contributed by atoms with Crippen molar-refractivity contribution in [3.8, 4) is 11.5 Å². The van der Waals surface area contributed by atoms with Gasteiger partial charge in [-0.3, -0.25) is 19.5 Å². The summed E-state index contributed by atoms with van der Waals surface area (Å²) < 4.78 is 13.3. The average Bonchev–Trinajstić information content (AvgIpc) is 2.78. The molecule has 10 heteroatoms. The number of nitrogen functional groups attached to an aromatic ring is 1. The van der Waals surface area contributed by atoms with Crippen LogP contribution in [-0.4, -0.2) is 38.6 Å². The SMILES string of the molecule is Cn1c(NC(=O)c2cnc(N)nc2)nc2c3c(ccc2c1=O)OCCCCCCCCO3. The van der Waals surface area contributed by atoms with Crippen LogP contribution in [0, 0.1) is 0 Å². The van der Waals surface area contributed by atoms with Gasteiger partial charge in [0.25, 0.3) is 11.5 Å². The Morgan fingerprint density at radius 1 is 1.03 bits per heavy atom. The summed E-state index contributed by atoms with van der Waals surface area (Å²) in [4.78, 5) is 37.8. The van der Waals surface area contributed by atoms with Crippen LogP contribution in [0.5, 0.6) is 11.5 Å². The molecule has 1 aliphatic rings. The molecule has 168 valence electrons. The van der Waals surface area contributed by atoms with Gasteiger partial charge in [0, 0.05) is 19.4 Å². The topological polar surface area (TPSA) is 134 Å². The lowest BCUT2D eigenvalue weighted by atomic mass is 10.1. The molecule has 1 amide bonds. The third-order valence-corrected chi connectivity index (χ3v) is 5.37. The minimum Gasteiger partial charge on any atom is -0.490 e. The van der Waals surface area contributed by atoms with Crippen LogP contribution in [0.1, 0.15) is 48.9 Å². The summed E-state index contributed by atoms with van der Waals surface area (Å²) in [6.45, 7) is 1.06. The Labute approximate surface area is 184 Å². The standard InChI is InChI=1S/C22H26N6O4/c1-28-20(30)15-8-9-16-18(32-11-7-5-3-2-4-6-10-31-16)17(15)26-22(28)27-19(29)14-12-24-21(23)25-13-14/h8-9,12-13H,2-7,10-11H2,1H3,(H2,23,24,25)(H,26,27,29). The molecule has 0 saturated heterocycles. The lowest BCUT2D eigenvalue weighted by Gasteiger charge is -2.17. The maximum atomic E-state index is 13.0. The van der Waals surface area contributed by atoms with E-state index in [1.165, 1.54) is 23.4 Å². The first-order chi connectivity index (χ1) is 15.5. The van der Waals surface area contributed by atoms with Gasteiger partial charge in [-0.25, -0.2) is 15.0 Å². The summed E-state index contributed by atoms with van der Waals surface area (Å²) in [5, 5.41) is 3.04. The third-order valence-electron chi connectivity index (χ3n) is 5.37. The Bertz CT molecular complexity index is 1180. The van der Waals surface area contributed by atoms with E-state index in [2.05, 4.69) is 20.3 Å². The van der Waals surface area contributed by atoms with Crippen molar-refractivity contribution < 1.29 is 14.3 Å². The number of fused-ring (bicyclic) bond motifs is 3. The van der Waals surface area contributed by atoms with E-state index in [1.807, 2.05) is 0 Å². The number of nitrogens with two attached hydrogens (primary N) is 1. The van der Waals surface area contributed by atoms with Gasteiger partial charge < -0.3 is 15.2 Å². The fraction of sp³-hybridized carbons (Fsp3) is 0.409. The number of anilines is 2. The molecule has 0 aliphatic carbocycles. The van der Waals surface area contributed by atoms with Crippen molar-refractivity contribution in [3.63, 3.8) is 0 Å². The molecular weight excluding hydrogens is 412 g/mol. The number of hydrogen-bond acceptors (Lipinski definition) is 8. The van der Waals surface area contributed by atoms with Gasteiger partial charge in [-0.05, 0) is 25.0 Å². The monoisotopic (exact) mass is 438 g/mol. The lowest BCUT2D eigenvalue weighted by molar-refractivity contribution is 0.102. The number of benzene rings is 1. The summed E-state index contributed by atoms with van der Waals surface area (Å²) in [7, 11) is 1.54. The normalized spacial score (nSPS) is 14.9. The van der Waals surface area contributed by atoms with Crippen molar-refractivity contribution >= 4 is 28.7 Å². The van der Waals surface area contributed by atoms with E-state index in [4.69, 9.17) is 15.2 Å². The molecule has 0 spiro atoms. The average molecular weight is 438 g/mol. The largest absolute Gasteiger partial charge is 0.490 e. The van der Waals surface area contributed by atoms with Crippen LogP contribution in [0.2, 0.25) is 0 Å². The maximum Gasteiger partial charge on any atom is 0.262 e. The molecule has 0 radical (unpaired) electrons. The highest BCUT2D eigenvalue weighted by molar-refractivity contribution is 6.03. The maximum absolute atomic E-state index is 13.0. The molecule has 2 aromatic heterocycles. The first kappa shape index (κ1) is 21.5. The highest BCUT2D eigenvalue weighted by Gasteiger charge is 2.19. The number of hydrogen-bond donors (Lipinski definition) is 2. The van der Waals surface area contributed by atoms with Gasteiger partial charge >= 0.3 is 0 Å². The zero-order chi connectivity index (χ0) is 22.5. The Morgan fingerprint density at radius 3 is 2.41 bits per heavy atom. The van der Waals surface area contributed by atoms with Crippen molar-refractivity contribution in [2.45, 2.75) is 38.5 Å². The van der Waals surface area contributed by atoms with Crippen LogP contribution >= 0.6 is 0 Å². The van der Waals surface area contributed by atoms with Crippen LogP contribution in [-0.2, 0) is 7.05 Å². The van der Waals surface area contributed by atoms with Gasteiger partial charge in [0.15, 0.2) is 11.5 Å². The van der Waals surface area contributed by atoms with E-state index in [9.17, 15) is 9.59 Å². The second kappa shape index (κ2) is 9.63. The zero-order valence-electron chi connectivity index (χ0n) is 18.0. The number of carbonyl (C=O) groups is 1. The zero-order valence-corrected chi connectivity index (χ0v) is 18.0. The lowest BCUT2D eigenvalue weighted by Crippen LogP contribution is -2.25. The fourth-order valence-electron chi connectivity index (χ4n) is 3.56. The van der Waals surface area contributed by atoms with E-state index in [0.717, 1.165) is 32.1 Å². The van der Waals surface area contributed by atoms with E-state index < -0.39 is 5.91 Å². The van der Waals surface area contributed by atoms with Gasteiger partial charge in [-0.2, -0.15) is 0 Å². The molecule has 10 nitrogen and oxygen atoms in total. The van der Waals surface area contributed by atoms with Gasteiger partial charge in [0.2, 0.25) is 11.9 Å². The third kappa shape index (κ3) is 4.63. The predicted molar refractivity (Wildman–Crippen MR) is 120 cm³/mol. The molecular formula is C22H26N6O4. The van der Waals surface area contributed by atoms with Crippen molar-refractivity contribution in [2.24, 2.45) is 7.05 Å². The van der Waals surface area contributed by atoms with Crippen LogP contribution in [0.3, 0.4) is 0 Å². The quantitative estimate of drug-likeness (QED) is 0.624. The number of rotatable bonds is 2. The van der Waals surface area contributed by atoms with Crippen molar-refractivity contribution in [2.75, 3.05) is 24.3 Å². The van der Waals surface area contributed by atoms with Crippen molar-refractivity contribution in [1.82, 2.24) is 19.5 Å². The second-order valence-electron chi connectivity index (χ2n) is 7.69. The molecule has 3 N–H and O–H groups in total. The van der Waals surface area contributed by atoms with Crippen LogP contribution in [0.4, 0.5) is 11.9 Å². The molecule has 32 heavy (non-hydrogen) atoms. The minimum absolute atomic E-state index is 0.0618. The molecule has 0 fully saturated rings. The van der Waals surface area contributed by atoms with E-state index >= 15 is 0 Å². The van der Waals surface area contributed by atoms with Crippen molar-refractivity contribution in [1.29, 1.82) is 0 Å². The van der Waals surface area contributed by atoms with E-state index in [0.29, 0.717) is 35.6 Å². The molecule has 0 bridgehead atoms. The van der Waals surface area contributed by atoms with Crippen LogP contribution in [0.15, 0.2) is 29.3 Å². The smallest absolute Gasteiger partial charge is 0.262 e. The van der Waals surface area contributed by atoms with Crippen LogP contribution < -0.4 is 26.1 Å². The predicted octanol–water partition coefficient (Wildman–Crippen LogP) is 2.67. The number of aromatic nitrogens is 4. The molecule has 3 aromatic rings. The molecule has 0 unspecified atom stereocenters. The Hall–Kier alpha value is -3.69. The summed E-state index contributed by atoms with van der Waals surface area (Å²) in [6, 6.07) is 3.43. The summed E-state index contributed by atoms with van der Waals surface area (Å²) in [5.41, 5.74) is 5.71. The summed E-state index contributed by atoms with van der Waals surface area (Å²) >= 11 is 0. The molecule has 4 rings (SSSR count). The first-order valence-corrected chi connectivity index (χ1v) is 10.7. The number of ether oxygens (including phenoxy) is 2. The van der Waals surface area contributed by atoms with Gasteiger partial charge in [0.05, 0.1) is 24.2 Å². The summed E-state index contributed by atoms with van der Waals surface area (Å²) in [6.07, 6.45) is 9.02.